The first-order chi connectivity index (χ1) is 8.58. The smallest absolute Gasteiger partial charge is 0.220 e. The molecule has 0 aromatic carbocycles. The van der Waals surface area contributed by atoms with Crippen LogP contribution in [-0.2, 0) is 24.2 Å². The molecule has 0 bridgehead atoms. The highest BCUT2D eigenvalue weighted by Gasteiger charge is 2.14. The molecule has 0 radical (unpaired) electrons. The van der Waals surface area contributed by atoms with Gasteiger partial charge in [-0.2, -0.15) is 0 Å². The molecular formula is C13H24ClN3O2. The van der Waals surface area contributed by atoms with E-state index >= 15 is 0 Å². The number of carbonyl (C=O) groups excluding carboxylic acids is 1. The monoisotopic (exact) mass is 289 g/mol. The van der Waals surface area contributed by atoms with E-state index < -0.39 is 0 Å². The molecule has 0 aliphatic carbocycles. The number of aromatic nitrogens is 1. The number of rotatable bonds is 7. The van der Waals surface area contributed by atoms with Gasteiger partial charge >= 0.3 is 0 Å². The Morgan fingerprint density at radius 2 is 2.11 bits per heavy atom. The molecule has 1 aromatic rings. The molecule has 0 saturated heterocycles. The van der Waals surface area contributed by atoms with Crippen molar-refractivity contribution in [1.82, 2.24) is 10.5 Å². The molecule has 5 nitrogen and oxygen atoms in total. The number of nitrogens with zero attached hydrogens (tertiary/aromatic N) is 1. The summed E-state index contributed by atoms with van der Waals surface area (Å²) in [7, 11) is 0. The van der Waals surface area contributed by atoms with Crippen LogP contribution in [0.2, 0.25) is 0 Å². The highest BCUT2D eigenvalue weighted by Crippen LogP contribution is 2.15. The summed E-state index contributed by atoms with van der Waals surface area (Å²) < 4.78 is 5.25. The Balaban J connectivity index is 0.00000324. The number of hydrogen-bond acceptors (Lipinski definition) is 4. The quantitative estimate of drug-likeness (QED) is 0.804. The first kappa shape index (κ1) is 17.9. The minimum absolute atomic E-state index is 0. The highest BCUT2D eigenvalue weighted by molar-refractivity contribution is 5.85. The maximum Gasteiger partial charge on any atom is 0.220 e. The van der Waals surface area contributed by atoms with Crippen LogP contribution in [0.1, 0.15) is 50.6 Å². The van der Waals surface area contributed by atoms with E-state index in [2.05, 4.69) is 10.5 Å². The van der Waals surface area contributed by atoms with Gasteiger partial charge in [0.05, 0.1) is 5.69 Å². The lowest BCUT2D eigenvalue weighted by Gasteiger charge is -2.07. The number of amides is 1. The second-order valence-corrected chi connectivity index (χ2v) is 4.53. The number of nitrogens with one attached hydrogen (secondary N) is 1. The van der Waals surface area contributed by atoms with E-state index in [4.69, 9.17) is 10.3 Å². The third-order valence-corrected chi connectivity index (χ3v) is 2.90. The zero-order valence-corrected chi connectivity index (χ0v) is 12.7. The summed E-state index contributed by atoms with van der Waals surface area (Å²) in [5, 5.41) is 6.91. The van der Waals surface area contributed by atoms with Crippen LogP contribution < -0.4 is 11.1 Å². The van der Waals surface area contributed by atoms with Gasteiger partial charge in [-0.15, -0.1) is 12.4 Å². The summed E-state index contributed by atoms with van der Waals surface area (Å²) in [6.07, 6.45) is 2.77. The average molecular weight is 290 g/mol. The summed E-state index contributed by atoms with van der Waals surface area (Å²) in [4.78, 5) is 11.6. The molecule has 110 valence electrons. The van der Waals surface area contributed by atoms with Gasteiger partial charge in [0.25, 0.3) is 0 Å². The lowest BCUT2D eigenvalue weighted by Crippen LogP contribution is -2.26. The average Bonchev–Trinajstić information content (AvgIpc) is 2.75. The molecule has 1 rings (SSSR count). The summed E-state index contributed by atoms with van der Waals surface area (Å²) in [5.74, 6) is 0.886. The summed E-state index contributed by atoms with van der Waals surface area (Å²) >= 11 is 0. The molecule has 1 amide bonds. The SMILES string of the molecule is CCc1noc(CC)c1CNC(=O)CCC(C)N.Cl. The van der Waals surface area contributed by atoms with Crippen LogP contribution in [0, 0.1) is 0 Å². The van der Waals surface area contributed by atoms with E-state index in [1.807, 2.05) is 20.8 Å². The number of aryl methyl sites for hydroxylation is 2. The normalized spacial score (nSPS) is 11.8. The van der Waals surface area contributed by atoms with E-state index in [0.29, 0.717) is 19.4 Å². The van der Waals surface area contributed by atoms with E-state index in [-0.39, 0.29) is 24.4 Å². The van der Waals surface area contributed by atoms with Gasteiger partial charge in [-0.1, -0.05) is 19.0 Å². The molecule has 0 spiro atoms. The third-order valence-electron chi connectivity index (χ3n) is 2.90. The molecule has 1 atom stereocenters. The lowest BCUT2D eigenvalue weighted by atomic mass is 10.1. The Kier molecular flexibility index (Phi) is 8.43. The fourth-order valence-corrected chi connectivity index (χ4v) is 1.77. The number of hydrogen-bond donors (Lipinski definition) is 2. The Labute approximate surface area is 120 Å². The molecule has 1 heterocycles. The molecule has 3 N–H and O–H groups in total. The third kappa shape index (κ3) is 5.61. The van der Waals surface area contributed by atoms with Gasteiger partial charge in [0.2, 0.25) is 5.91 Å². The highest BCUT2D eigenvalue weighted by atomic mass is 35.5. The summed E-state index contributed by atoms with van der Waals surface area (Å²) in [6.45, 7) is 6.44. The van der Waals surface area contributed by atoms with Gasteiger partial charge in [-0.3, -0.25) is 4.79 Å². The van der Waals surface area contributed by atoms with E-state index in [0.717, 1.165) is 29.9 Å². The fraction of sp³-hybridized carbons (Fsp3) is 0.692. The van der Waals surface area contributed by atoms with Crippen molar-refractivity contribution in [2.24, 2.45) is 5.73 Å². The van der Waals surface area contributed by atoms with Crippen LogP contribution >= 0.6 is 12.4 Å². The molecule has 1 unspecified atom stereocenters. The lowest BCUT2D eigenvalue weighted by molar-refractivity contribution is -0.121. The molecule has 6 heteroatoms. The van der Waals surface area contributed by atoms with Gasteiger partial charge in [0.1, 0.15) is 5.76 Å². The first-order valence-corrected chi connectivity index (χ1v) is 6.57. The second-order valence-electron chi connectivity index (χ2n) is 4.53. The Hall–Kier alpha value is -1.07. The van der Waals surface area contributed by atoms with Gasteiger partial charge in [0.15, 0.2) is 0 Å². The van der Waals surface area contributed by atoms with Crippen LogP contribution in [0.5, 0.6) is 0 Å². The molecule has 0 aliphatic heterocycles. The van der Waals surface area contributed by atoms with Crippen molar-refractivity contribution in [2.75, 3.05) is 0 Å². The Morgan fingerprint density at radius 3 is 2.63 bits per heavy atom. The molecule has 0 saturated carbocycles. The van der Waals surface area contributed by atoms with Crippen molar-refractivity contribution in [3.05, 3.63) is 17.0 Å². The van der Waals surface area contributed by atoms with Crippen molar-refractivity contribution in [1.29, 1.82) is 0 Å². The molecule has 0 aliphatic rings. The molecular weight excluding hydrogens is 266 g/mol. The fourth-order valence-electron chi connectivity index (χ4n) is 1.77. The minimum atomic E-state index is 0. The van der Waals surface area contributed by atoms with Crippen LogP contribution in [-0.4, -0.2) is 17.1 Å². The predicted octanol–water partition coefficient (Wildman–Crippen LogP) is 1.96. The first-order valence-electron chi connectivity index (χ1n) is 6.57. The molecule has 1 aromatic heterocycles. The number of halogens is 1. The molecule has 0 fully saturated rings. The van der Waals surface area contributed by atoms with Crippen molar-refractivity contribution in [3.8, 4) is 0 Å². The number of carbonyl (C=O) groups is 1. The van der Waals surface area contributed by atoms with Gasteiger partial charge in [-0.05, 0) is 19.8 Å². The maximum absolute atomic E-state index is 11.6. The summed E-state index contributed by atoms with van der Waals surface area (Å²) in [5.41, 5.74) is 7.57. The number of nitrogens with two attached hydrogens (primary N) is 1. The van der Waals surface area contributed by atoms with E-state index in [9.17, 15) is 4.79 Å². The zero-order valence-electron chi connectivity index (χ0n) is 11.9. The van der Waals surface area contributed by atoms with Gasteiger partial charge in [0, 0.05) is 31.0 Å². The van der Waals surface area contributed by atoms with Crippen molar-refractivity contribution in [2.45, 2.75) is 59.0 Å². The van der Waals surface area contributed by atoms with Crippen LogP contribution in [0.25, 0.3) is 0 Å². The minimum Gasteiger partial charge on any atom is -0.361 e. The Morgan fingerprint density at radius 1 is 1.42 bits per heavy atom. The predicted molar refractivity (Wildman–Crippen MR) is 77.2 cm³/mol. The standard InChI is InChI=1S/C13H23N3O2.ClH/c1-4-11-10(12(5-2)18-16-11)8-15-13(17)7-6-9(3)14;/h9H,4-8,14H2,1-3H3,(H,15,17);1H. The van der Waals surface area contributed by atoms with Crippen LogP contribution in [0.4, 0.5) is 0 Å². The van der Waals surface area contributed by atoms with E-state index in [1.165, 1.54) is 0 Å². The van der Waals surface area contributed by atoms with Gasteiger partial charge < -0.3 is 15.6 Å². The topological polar surface area (TPSA) is 81.2 Å². The maximum atomic E-state index is 11.6. The largest absolute Gasteiger partial charge is 0.361 e. The van der Waals surface area contributed by atoms with Crippen LogP contribution in [0.15, 0.2) is 4.52 Å². The van der Waals surface area contributed by atoms with Crippen molar-refractivity contribution in [3.63, 3.8) is 0 Å². The second kappa shape index (κ2) is 8.93. The summed E-state index contributed by atoms with van der Waals surface area (Å²) in [6, 6.07) is 0.0590. The van der Waals surface area contributed by atoms with Crippen LogP contribution in [0.3, 0.4) is 0 Å². The van der Waals surface area contributed by atoms with E-state index in [1.54, 1.807) is 0 Å². The Bertz CT molecular complexity index is 370. The zero-order chi connectivity index (χ0) is 13.5. The molecule has 19 heavy (non-hydrogen) atoms. The van der Waals surface area contributed by atoms with Crippen molar-refractivity contribution < 1.29 is 9.32 Å². The van der Waals surface area contributed by atoms with Crippen molar-refractivity contribution >= 4 is 18.3 Å². The van der Waals surface area contributed by atoms with Gasteiger partial charge in [-0.25, -0.2) is 0 Å².